The van der Waals surface area contributed by atoms with Gasteiger partial charge in [0, 0.05) is 0 Å². The molecule has 0 aliphatic heterocycles. The smallest absolute Gasteiger partial charge is 0.383 e. The van der Waals surface area contributed by atoms with Crippen molar-refractivity contribution in [1.82, 2.24) is 4.98 Å². The minimum Gasteiger partial charge on any atom is -0.397 e. The van der Waals surface area contributed by atoms with Crippen LogP contribution in [0.4, 0.5) is 29.1 Å². The minimum atomic E-state index is -4.75. The lowest BCUT2D eigenvalue weighted by Crippen LogP contribution is -2.41. The number of anilines is 2. The predicted octanol–water partition coefficient (Wildman–Crippen LogP) is 1.50. The second kappa shape index (κ2) is 4.33. The first-order valence-corrected chi connectivity index (χ1v) is 4.03. The highest BCUT2D eigenvalue weighted by molar-refractivity contribution is 5.95. The number of hydrogen-bond donors (Lipinski definition) is 2. The molecule has 16 heavy (non-hydrogen) atoms. The molecule has 0 bridgehead atoms. The Hall–Kier alpha value is -1.86. The molecular formula is C8H7F4N3O. The molecule has 1 aromatic heterocycles. The normalized spacial score (nSPS) is 11.6. The van der Waals surface area contributed by atoms with Crippen LogP contribution in [-0.4, -0.2) is 23.2 Å². The van der Waals surface area contributed by atoms with Crippen LogP contribution in [0, 0.1) is 0 Å². The van der Waals surface area contributed by atoms with E-state index >= 15 is 0 Å². The van der Waals surface area contributed by atoms with Gasteiger partial charge >= 0.3 is 18.3 Å². The zero-order chi connectivity index (χ0) is 12.3. The lowest BCUT2D eigenvalue weighted by atomic mass is 10.3. The zero-order valence-corrected chi connectivity index (χ0v) is 7.75. The van der Waals surface area contributed by atoms with Crippen molar-refractivity contribution in [2.24, 2.45) is 0 Å². The van der Waals surface area contributed by atoms with Gasteiger partial charge in [0.1, 0.15) is 5.82 Å². The fourth-order valence-corrected chi connectivity index (χ4v) is 0.778. The van der Waals surface area contributed by atoms with Crippen molar-refractivity contribution in [1.29, 1.82) is 0 Å². The average Bonchev–Trinajstić information content (AvgIpc) is 2.21. The largest absolute Gasteiger partial charge is 0.397 e. The SMILES string of the molecule is Nc1ccc(NC(=O)C(F)(F)C(F)F)nc1. The topological polar surface area (TPSA) is 68.0 Å². The van der Waals surface area contributed by atoms with E-state index in [1.54, 1.807) is 5.32 Å². The molecule has 0 fully saturated rings. The zero-order valence-electron chi connectivity index (χ0n) is 7.75. The van der Waals surface area contributed by atoms with Crippen LogP contribution in [-0.2, 0) is 4.79 Å². The molecule has 1 heterocycles. The first-order valence-electron chi connectivity index (χ1n) is 4.03. The van der Waals surface area contributed by atoms with Gasteiger partial charge in [-0.05, 0) is 12.1 Å². The summed E-state index contributed by atoms with van der Waals surface area (Å²) >= 11 is 0. The van der Waals surface area contributed by atoms with Gasteiger partial charge in [0.25, 0.3) is 0 Å². The molecule has 0 aromatic carbocycles. The predicted molar refractivity (Wildman–Crippen MR) is 48.2 cm³/mol. The van der Waals surface area contributed by atoms with Crippen molar-refractivity contribution < 1.29 is 22.4 Å². The number of alkyl halides is 4. The maximum Gasteiger partial charge on any atom is 0.383 e. The molecule has 0 aliphatic carbocycles. The van der Waals surface area contributed by atoms with Gasteiger partial charge in [0.2, 0.25) is 0 Å². The Morgan fingerprint density at radius 1 is 1.44 bits per heavy atom. The third-order valence-corrected chi connectivity index (χ3v) is 1.60. The van der Waals surface area contributed by atoms with E-state index in [1.165, 1.54) is 6.07 Å². The molecule has 1 aromatic rings. The van der Waals surface area contributed by atoms with E-state index in [1.807, 2.05) is 0 Å². The van der Waals surface area contributed by atoms with Crippen molar-refractivity contribution in [2.75, 3.05) is 11.1 Å². The molecule has 0 radical (unpaired) electrons. The van der Waals surface area contributed by atoms with Gasteiger partial charge in [0.15, 0.2) is 0 Å². The third kappa shape index (κ3) is 2.59. The standard InChI is InChI=1S/C8H7F4N3O/c9-6(10)8(11,12)7(16)15-5-2-1-4(13)3-14-5/h1-3,6H,13H2,(H,14,15,16). The molecule has 1 amide bonds. The van der Waals surface area contributed by atoms with Crippen LogP contribution in [0.1, 0.15) is 0 Å². The Balaban J connectivity index is 2.75. The molecule has 0 spiro atoms. The summed E-state index contributed by atoms with van der Waals surface area (Å²) in [7, 11) is 0. The summed E-state index contributed by atoms with van der Waals surface area (Å²) in [5.41, 5.74) is 5.50. The Kier molecular flexibility index (Phi) is 3.31. The number of pyridine rings is 1. The quantitative estimate of drug-likeness (QED) is 0.783. The van der Waals surface area contributed by atoms with Crippen LogP contribution >= 0.6 is 0 Å². The number of nitrogen functional groups attached to an aromatic ring is 1. The molecule has 4 nitrogen and oxygen atoms in total. The molecule has 3 N–H and O–H groups in total. The van der Waals surface area contributed by atoms with Crippen LogP contribution in [0.25, 0.3) is 0 Å². The Morgan fingerprint density at radius 2 is 2.06 bits per heavy atom. The summed E-state index contributed by atoms with van der Waals surface area (Å²) in [6.07, 6.45) is -2.97. The first-order chi connectivity index (χ1) is 7.34. The van der Waals surface area contributed by atoms with E-state index in [9.17, 15) is 22.4 Å². The molecular weight excluding hydrogens is 230 g/mol. The van der Waals surface area contributed by atoms with Gasteiger partial charge in [-0.3, -0.25) is 4.79 Å². The maximum absolute atomic E-state index is 12.5. The number of amides is 1. The molecule has 0 atom stereocenters. The van der Waals surface area contributed by atoms with Crippen LogP contribution in [0.15, 0.2) is 18.3 Å². The molecule has 0 unspecified atom stereocenters. The van der Waals surface area contributed by atoms with Crippen molar-refractivity contribution in [3.8, 4) is 0 Å². The average molecular weight is 237 g/mol. The summed E-state index contributed by atoms with van der Waals surface area (Å²) in [6.45, 7) is 0. The van der Waals surface area contributed by atoms with E-state index in [0.717, 1.165) is 12.3 Å². The Bertz CT molecular complexity index is 379. The number of carbonyl (C=O) groups is 1. The monoisotopic (exact) mass is 237 g/mol. The van der Waals surface area contributed by atoms with Gasteiger partial charge < -0.3 is 11.1 Å². The minimum absolute atomic E-state index is 0.249. The number of nitrogens with one attached hydrogen (secondary N) is 1. The summed E-state index contributed by atoms with van der Waals surface area (Å²) in [6, 6.07) is 2.40. The van der Waals surface area contributed by atoms with Gasteiger partial charge in [-0.2, -0.15) is 8.78 Å². The van der Waals surface area contributed by atoms with Crippen molar-refractivity contribution in [3.05, 3.63) is 18.3 Å². The van der Waals surface area contributed by atoms with Gasteiger partial charge in [0.05, 0.1) is 11.9 Å². The van der Waals surface area contributed by atoms with E-state index in [-0.39, 0.29) is 11.5 Å². The second-order valence-electron chi connectivity index (χ2n) is 2.85. The first kappa shape index (κ1) is 12.2. The van der Waals surface area contributed by atoms with E-state index in [2.05, 4.69) is 4.98 Å². The highest BCUT2D eigenvalue weighted by Crippen LogP contribution is 2.24. The van der Waals surface area contributed by atoms with Gasteiger partial charge in [-0.25, -0.2) is 13.8 Å². The van der Waals surface area contributed by atoms with E-state index < -0.39 is 18.3 Å². The van der Waals surface area contributed by atoms with E-state index in [4.69, 9.17) is 5.73 Å². The Morgan fingerprint density at radius 3 is 2.50 bits per heavy atom. The number of halogens is 4. The lowest BCUT2D eigenvalue weighted by Gasteiger charge is -2.14. The highest BCUT2D eigenvalue weighted by Gasteiger charge is 2.49. The molecule has 0 aliphatic rings. The fraction of sp³-hybridized carbons (Fsp3) is 0.250. The second-order valence-corrected chi connectivity index (χ2v) is 2.85. The number of nitrogens with two attached hydrogens (primary N) is 1. The van der Waals surface area contributed by atoms with Crippen LogP contribution in [0.2, 0.25) is 0 Å². The number of nitrogens with zero attached hydrogens (tertiary/aromatic N) is 1. The maximum atomic E-state index is 12.5. The highest BCUT2D eigenvalue weighted by atomic mass is 19.3. The number of carbonyl (C=O) groups excluding carboxylic acids is 1. The summed E-state index contributed by atoms with van der Waals surface area (Å²) in [4.78, 5) is 14.2. The van der Waals surface area contributed by atoms with E-state index in [0.29, 0.717) is 0 Å². The fourth-order valence-electron chi connectivity index (χ4n) is 0.778. The van der Waals surface area contributed by atoms with Gasteiger partial charge in [-0.1, -0.05) is 0 Å². The molecule has 8 heteroatoms. The third-order valence-electron chi connectivity index (χ3n) is 1.60. The van der Waals surface area contributed by atoms with Crippen molar-refractivity contribution >= 4 is 17.4 Å². The van der Waals surface area contributed by atoms with Crippen molar-refractivity contribution in [3.63, 3.8) is 0 Å². The Labute approximate surface area is 87.5 Å². The summed E-state index contributed by atoms with van der Waals surface area (Å²) < 4.78 is 48.5. The lowest BCUT2D eigenvalue weighted by molar-refractivity contribution is -0.163. The summed E-state index contributed by atoms with van der Waals surface area (Å²) in [5, 5.41) is 1.56. The number of aromatic nitrogens is 1. The van der Waals surface area contributed by atoms with Crippen molar-refractivity contribution in [2.45, 2.75) is 12.3 Å². The van der Waals surface area contributed by atoms with Crippen LogP contribution in [0.3, 0.4) is 0 Å². The van der Waals surface area contributed by atoms with Crippen LogP contribution < -0.4 is 11.1 Å². The summed E-state index contributed by atoms with van der Waals surface area (Å²) in [5.74, 6) is -7.14. The number of hydrogen-bond acceptors (Lipinski definition) is 3. The molecule has 88 valence electrons. The van der Waals surface area contributed by atoms with Crippen LogP contribution in [0.5, 0.6) is 0 Å². The van der Waals surface area contributed by atoms with Gasteiger partial charge in [-0.15, -0.1) is 0 Å². The molecule has 0 saturated heterocycles. The molecule has 0 saturated carbocycles. The number of rotatable bonds is 3. The molecule has 1 rings (SSSR count).